The molecule has 72 valence electrons. The molecule has 0 radical (unpaired) electrons. The second kappa shape index (κ2) is 4.46. The zero-order valence-electron chi connectivity index (χ0n) is 7.12. The third kappa shape index (κ3) is 3.12. The van der Waals surface area contributed by atoms with Crippen molar-refractivity contribution in [2.24, 2.45) is 16.6 Å². The topological polar surface area (TPSA) is 103 Å². The van der Waals surface area contributed by atoms with E-state index in [-0.39, 0.29) is 11.9 Å². The number of guanidine groups is 1. The van der Waals surface area contributed by atoms with Gasteiger partial charge in [-0.1, -0.05) is 6.08 Å². The van der Waals surface area contributed by atoms with Gasteiger partial charge in [-0.25, -0.2) is 5.43 Å². The smallest absolute Gasteiger partial charge is 0.267 e. The molecule has 0 spiro atoms. The molecule has 6 nitrogen and oxygen atoms in total. The lowest BCUT2D eigenvalue weighted by Crippen LogP contribution is -2.30. The summed E-state index contributed by atoms with van der Waals surface area (Å²) >= 11 is 0. The highest BCUT2D eigenvalue weighted by Crippen LogP contribution is 2.06. The fraction of sp³-hybridized carbons (Fsp3) is 0.429. The Labute approximate surface area is 75.6 Å². The number of rotatable bonds is 2. The molecule has 1 aliphatic heterocycles. The molecular formula is C7H12N4O2. The molecular weight excluding hydrogens is 172 g/mol. The van der Waals surface area contributed by atoms with Crippen LogP contribution in [0.1, 0.15) is 6.42 Å². The van der Waals surface area contributed by atoms with Crippen LogP contribution in [-0.4, -0.2) is 25.1 Å². The number of carbonyl (C=O) groups excluding carboxylic acids is 1. The number of amides is 1. The largest absolute Gasteiger partial charge is 0.377 e. The van der Waals surface area contributed by atoms with E-state index in [4.69, 9.17) is 16.2 Å². The van der Waals surface area contributed by atoms with Crippen molar-refractivity contribution in [1.82, 2.24) is 5.43 Å². The number of nitrogens with zero attached hydrogens (tertiary/aromatic N) is 1. The minimum Gasteiger partial charge on any atom is -0.377 e. The zero-order valence-corrected chi connectivity index (χ0v) is 7.12. The van der Waals surface area contributed by atoms with Crippen molar-refractivity contribution in [2.75, 3.05) is 13.2 Å². The molecule has 5 N–H and O–H groups in total. The average molecular weight is 184 g/mol. The molecule has 0 aromatic heterocycles. The van der Waals surface area contributed by atoms with Gasteiger partial charge < -0.3 is 16.2 Å². The summed E-state index contributed by atoms with van der Waals surface area (Å²) in [5, 5.41) is 3.39. The summed E-state index contributed by atoms with van der Waals surface area (Å²) in [4.78, 5) is 11.2. The third-order valence-corrected chi connectivity index (χ3v) is 1.54. The molecule has 1 rings (SSSR count). The van der Waals surface area contributed by atoms with E-state index in [0.717, 1.165) is 0 Å². The first-order chi connectivity index (χ1) is 6.20. The molecule has 0 fully saturated rings. The van der Waals surface area contributed by atoms with Crippen LogP contribution in [0.3, 0.4) is 0 Å². The number of nitrogens with two attached hydrogens (primary N) is 2. The quantitative estimate of drug-likeness (QED) is 0.280. The van der Waals surface area contributed by atoms with Gasteiger partial charge in [0.25, 0.3) is 5.91 Å². The van der Waals surface area contributed by atoms with E-state index >= 15 is 0 Å². The lowest BCUT2D eigenvalue weighted by atomic mass is 10.1. The molecule has 0 atom stereocenters. The second-order valence-electron chi connectivity index (χ2n) is 2.53. The van der Waals surface area contributed by atoms with Crippen molar-refractivity contribution < 1.29 is 9.53 Å². The standard InChI is InChI=1S/C7H12N4O2/c8-7(9)11-10-6(12)5-1-3-13-4-2-5/h1H,2-4H2,(H,10,12)(H4,8,9,11). The van der Waals surface area contributed by atoms with Gasteiger partial charge in [-0.3, -0.25) is 4.79 Å². The Balaban J connectivity index is 2.47. The molecule has 1 heterocycles. The zero-order chi connectivity index (χ0) is 9.68. The van der Waals surface area contributed by atoms with E-state index in [1.165, 1.54) is 0 Å². The van der Waals surface area contributed by atoms with E-state index < -0.39 is 0 Å². The molecule has 13 heavy (non-hydrogen) atoms. The van der Waals surface area contributed by atoms with Crippen molar-refractivity contribution in [3.8, 4) is 0 Å². The van der Waals surface area contributed by atoms with Gasteiger partial charge >= 0.3 is 0 Å². The van der Waals surface area contributed by atoms with Gasteiger partial charge in [0.2, 0.25) is 5.96 Å². The van der Waals surface area contributed by atoms with Gasteiger partial charge in [0.1, 0.15) is 0 Å². The Morgan fingerprint density at radius 2 is 2.38 bits per heavy atom. The number of hydrogen-bond acceptors (Lipinski definition) is 3. The van der Waals surface area contributed by atoms with Crippen molar-refractivity contribution in [2.45, 2.75) is 6.42 Å². The van der Waals surface area contributed by atoms with E-state index in [9.17, 15) is 4.79 Å². The van der Waals surface area contributed by atoms with Crippen LogP contribution in [0.4, 0.5) is 0 Å². The van der Waals surface area contributed by atoms with Crippen LogP contribution in [-0.2, 0) is 9.53 Å². The van der Waals surface area contributed by atoms with Crippen LogP contribution < -0.4 is 16.9 Å². The van der Waals surface area contributed by atoms with Crippen LogP contribution in [0.25, 0.3) is 0 Å². The first kappa shape index (κ1) is 9.53. The molecule has 0 saturated heterocycles. The summed E-state index contributed by atoms with van der Waals surface area (Å²) in [7, 11) is 0. The highest BCUT2D eigenvalue weighted by molar-refractivity contribution is 5.94. The molecule has 0 unspecified atom stereocenters. The highest BCUT2D eigenvalue weighted by atomic mass is 16.5. The molecule has 0 aromatic rings. The summed E-state index contributed by atoms with van der Waals surface area (Å²) in [5.74, 6) is -0.447. The van der Waals surface area contributed by atoms with Crippen LogP contribution in [0.5, 0.6) is 0 Å². The number of nitrogens with one attached hydrogen (secondary N) is 1. The molecule has 6 heteroatoms. The molecule has 0 saturated carbocycles. The van der Waals surface area contributed by atoms with E-state index in [2.05, 4.69) is 10.5 Å². The number of carbonyl (C=O) groups is 1. The van der Waals surface area contributed by atoms with Crippen LogP contribution >= 0.6 is 0 Å². The van der Waals surface area contributed by atoms with Gasteiger partial charge in [0, 0.05) is 12.0 Å². The Hall–Kier alpha value is -1.56. The third-order valence-electron chi connectivity index (χ3n) is 1.54. The summed E-state index contributed by atoms with van der Waals surface area (Å²) < 4.78 is 5.03. The molecule has 0 bridgehead atoms. The predicted octanol–water partition coefficient (Wildman–Crippen LogP) is -1.36. The normalized spacial score (nSPS) is 15.8. The average Bonchev–Trinajstić information content (AvgIpc) is 2.15. The minimum atomic E-state index is -0.281. The Kier molecular flexibility index (Phi) is 3.27. The first-order valence-corrected chi connectivity index (χ1v) is 3.86. The summed E-state index contributed by atoms with van der Waals surface area (Å²) in [6.07, 6.45) is 2.30. The summed E-state index contributed by atoms with van der Waals surface area (Å²) in [5.41, 5.74) is 13.0. The Morgan fingerprint density at radius 1 is 1.62 bits per heavy atom. The summed E-state index contributed by atoms with van der Waals surface area (Å²) in [6.45, 7) is 1.02. The first-order valence-electron chi connectivity index (χ1n) is 3.86. The Bertz CT molecular complexity index is 255. The molecule has 0 aromatic carbocycles. The maximum absolute atomic E-state index is 11.2. The number of hydrogen-bond donors (Lipinski definition) is 3. The lowest BCUT2D eigenvalue weighted by Gasteiger charge is -2.11. The van der Waals surface area contributed by atoms with Gasteiger partial charge in [-0.15, -0.1) is 5.10 Å². The van der Waals surface area contributed by atoms with Crippen molar-refractivity contribution in [3.63, 3.8) is 0 Å². The van der Waals surface area contributed by atoms with Gasteiger partial charge in [-0.2, -0.15) is 0 Å². The fourth-order valence-corrected chi connectivity index (χ4v) is 0.920. The highest BCUT2D eigenvalue weighted by Gasteiger charge is 2.11. The fourth-order valence-electron chi connectivity index (χ4n) is 0.920. The Morgan fingerprint density at radius 3 is 2.92 bits per heavy atom. The SMILES string of the molecule is NC(N)=NNC(=O)C1=CCOCC1. The molecule has 1 amide bonds. The maximum atomic E-state index is 11.2. The minimum absolute atomic E-state index is 0.166. The van der Waals surface area contributed by atoms with E-state index in [0.29, 0.717) is 25.2 Å². The van der Waals surface area contributed by atoms with E-state index in [1.807, 2.05) is 0 Å². The van der Waals surface area contributed by atoms with Gasteiger partial charge in [-0.05, 0) is 0 Å². The van der Waals surface area contributed by atoms with Crippen LogP contribution in [0.15, 0.2) is 16.8 Å². The molecule has 1 aliphatic rings. The summed E-state index contributed by atoms with van der Waals surface area (Å²) in [6, 6.07) is 0. The van der Waals surface area contributed by atoms with Crippen LogP contribution in [0.2, 0.25) is 0 Å². The number of ether oxygens (including phenoxy) is 1. The molecule has 0 aliphatic carbocycles. The van der Waals surface area contributed by atoms with Crippen molar-refractivity contribution in [3.05, 3.63) is 11.6 Å². The van der Waals surface area contributed by atoms with E-state index in [1.54, 1.807) is 6.08 Å². The van der Waals surface area contributed by atoms with Gasteiger partial charge in [0.15, 0.2) is 0 Å². The van der Waals surface area contributed by atoms with Crippen LogP contribution in [0, 0.1) is 0 Å². The maximum Gasteiger partial charge on any atom is 0.267 e. The monoisotopic (exact) mass is 184 g/mol. The van der Waals surface area contributed by atoms with Gasteiger partial charge in [0.05, 0.1) is 13.2 Å². The van der Waals surface area contributed by atoms with Crippen molar-refractivity contribution >= 4 is 11.9 Å². The number of hydrazone groups is 1. The second-order valence-corrected chi connectivity index (χ2v) is 2.53. The predicted molar refractivity (Wildman–Crippen MR) is 47.5 cm³/mol. The van der Waals surface area contributed by atoms with Crippen molar-refractivity contribution in [1.29, 1.82) is 0 Å². The lowest BCUT2D eigenvalue weighted by molar-refractivity contribution is -0.118.